The molecule has 0 aromatic carbocycles. The Morgan fingerprint density at radius 3 is 1.93 bits per heavy atom. The molecule has 0 radical (unpaired) electrons. The molecule has 15 heavy (non-hydrogen) atoms. The number of fused-ring (bicyclic) bond motifs is 3. The van der Waals surface area contributed by atoms with E-state index >= 15 is 0 Å². The van der Waals surface area contributed by atoms with E-state index < -0.39 is 0 Å². The summed E-state index contributed by atoms with van der Waals surface area (Å²) in [5.41, 5.74) is 5.62. The second-order valence-corrected chi connectivity index (χ2v) is 3.50. The standard InChI is InChI=1S/C13H10N2/c1-2-9-10-5-3-7-14-12(10)13-11(9)6-4-8-15-13/h2-8H,1H3. The molecule has 2 heterocycles. The van der Waals surface area contributed by atoms with Crippen LogP contribution in [0.1, 0.15) is 18.1 Å². The molecule has 2 aromatic rings. The first-order valence-corrected chi connectivity index (χ1v) is 4.99. The Balaban J connectivity index is 2.41. The fraction of sp³-hybridized carbons (Fsp3) is 0.0769. The van der Waals surface area contributed by atoms with Crippen LogP contribution in [0.4, 0.5) is 0 Å². The normalized spacial score (nSPS) is 12.2. The maximum Gasteiger partial charge on any atom is 0.0970 e. The first-order chi connectivity index (χ1) is 7.42. The lowest BCUT2D eigenvalue weighted by atomic mass is 10.1. The molecular formula is C13H10N2. The molecule has 0 saturated carbocycles. The molecule has 0 amide bonds. The van der Waals surface area contributed by atoms with Gasteiger partial charge in [0.25, 0.3) is 0 Å². The third-order valence-corrected chi connectivity index (χ3v) is 2.71. The van der Waals surface area contributed by atoms with Crippen molar-refractivity contribution in [3.05, 3.63) is 53.9 Å². The van der Waals surface area contributed by atoms with Crippen LogP contribution in [0.15, 0.2) is 42.7 Å². The lowest BCUT2D eigenvalue weighted by Crippen LogP contribution is -1.84. The average Bonchev–Trinajstić information content (AvgIpc) is 2.63. The van der Waals surface area contributed by atoms with E-state index in [2.05, 4.69) is 28.2 Å². The van der Waals surface area contributed by atoms with E-state index in [9.17, 15) is 0 Å². The minimum atomic E-state index is 1.00. The Labute approximate surface area is 88.3 Å². The van der Waals surface area contributed by atoms with Crippen molar-refractivity contribution in [3.63, 3.8) is 0 Å². The van der Waals surface area contributed by atoms with Gasteiger partial charge in [0.15, 0.2) is 0 Å². The molecule has 3 rings (SSSR count). The van der Waals surface area contributed by atoms with Crippen LogP contribution in [0.2, 0.25) is 0 Å². The molecule has 0 saturated heterocycles. The number of nitrogens with zero attached hydrogens (tertiary/aromatic N) is 2. The maximum atomic E-state index is 4.40. The highest BCUT2D eigenvalue weighted by Crippen LogP contribution is 2.40. The minimum absolute atomic E-state index is 1.00. The highest BCUT2D eigenvalue weighted by atomic mass is 14.8. The summed E-state index contributed by atoms with van der Waals surface area (Å²) in [4.78, 5) is 8.79. The monoisotopic (exact) mass is 194 g/mol. The Hall–Kier alpha value is -1.96. The number of hydrogen-bond acceptors (Lipinski definition) is 2. The van der Waals surface area contributed by atoms with Crippen molar-refractivity contribution in [3.8, 4) is 11.4 Å². The minimum Gasteiger partial charge on any atom is -0.254 e. The van der Waals surface area contributed by atoms with E-state index in [1.807, 2.05) is 31.5 Å². The van der Waals surface area contributed by atoms with E-state index in [1.54, 1.807) is 0 Å². The molecule has 0 N–H and O–H groups in total. The average molecular weight is 194 g/mol. The van der Waals surface area contributed by atoms with E-state index in [0.29, 0.717) is 0 Å². The Morgan fingerprint density at radius 1 is 0.933 bits per heavy atom. The van der Waals surface area contributed by atoms with Crippen LogP contribution in [0.5, 0.6) is 0 Å². The number of aromatic nitrogens is 2. The van der Waals surface area contributed by atoms with Gasteiger partial charge in [-0.2, -0.15) is 0 Å². The molecule has 0 bridgehead atoms. The molecule has 0 atom stereocenters. The highest BCUT2D eigenvalue weighted by molar-refractivity contribution is 5.97. The predicted molar refractivity (Wildman–Crippen MR) is 60.2 cm³/mol. The number of allylic oxidation sites excluding steroid dienone is 1. The van der Waals surface area contributed by atoms with Crippen LogP contribution < -0.4 is 0 Å². The fourth-order valence-corrected chi connectivity index (χ4v) is 2.08. The molecule has 1 aliphatic carbocycles. The summed E-state index contributed by atoms with van der Waals surface area (Å²) in [7, 11) is 0. The van der Waals surface area contributed by atoms with Gasteiger partial charge >= 0.3 is 0 Å². The van der Waals surface area contributed by atoms with Crippen molar-refractivity contribution in [2.75, 3.05) is 0 Å². The predicted octanol–water partition coefficient (Wildman–Crippen LogP) is 2.91. The van der Waals surface area contributed by atoms with Crippen molar-refractivity contribution >= 4 is 5.57 Å². The van der Waals surface area contributed by atoms with Gasteiger partial charge in [0.2, 0.25) is 0 Å². The molecule has 0 spiro atoms. The molecule has 2 aromatic heterocycles. The van der Waals surface area contributed by atoms with E-state index in [1.165, 1.54) is 16.7 Å². The molecule has 1 aliphatic rings. The highest BCUT2D eigenvalue weighted by Gasteiger charge is 2.24. The fourth-order valence-electron chi connectivity index (χ4n) is 2.08. The zero-order valence-corrected chi connectivity index (χ0v) is 8.44. The molecule has 2 nitrogen and oxygen atoms in total. The zero-order valence-electron chi connectivity index (χ0n) is 8.44. The van der Waals surface area contributed by atoms with E-state index in [4.69, 9.17) is 0 Å². The zero-order chi connectivity index (χ0) is 10.3. The van der Waals surface area contributed by atoms with Gasteiger partial charge in [0.1, 0.15) is 0 Å². The van der Waals surface area contributed by atoms with Crippen LogP contribution in [-0.4, -0.2) is 9.97 Å². The van der Waals surface area contributed by atoms with Gasteiger partial charge in [-0.1, -0.05) is 18.2 Å². The smallest absolute Gasteiger partial charge is 0.0970 e. The van der Waals surface area contributed by atoms with E-state index in [-0.39, 0.29) is 0 Å². The van der Waals surface area contributed by atoms with Crippen LogP contribution in [0, 0.1) is 0 Å². The number of rotatable bonds is 0. The summed E-state index contributed by atoms with van der Waals surface area (Å²) in [5, 5.41) is 0. The molecule has 2 heteroatoms. The van der Waals surface area contributed by atoms with Crippen LogP contribution in [0.25, 0.3) is 17.0 Å². The largest absolute Gasteiger partial charge is 0.254 e. The third kappa shape index (κ3) is 1.05. The van der Waals surface area contributed by atoms with Gasteiger partial charge in [-0.25, -0.2) is 0 Å². The summed E-state index contributed by atoms with van der Waals surface area (Å²) in [6.07, 6.45) is 5.75. The quantitative estimate of drug-likeness (QED) is 0.550. The second kappa shape index (κ2) is 3.02. The summed E-state index contributed by atoms with van der Waals surface area (Å²) >= 11 is 0. The number of hydrogen-bond donors (Lipinski definition) is 0. The third-order valence-electron chi connectivity index (χ3n) is 2.71. The van der Waals surface area contributed by atoms with Gasteiger partial charge in [-0.15, -0.1) is 0 Å². The summed E-state index contributed by atoms with van der Waals surface area (Å²) in [6.45, 7) is 2.05. The molecule has 0 aliphatic heterocycles. The second-order valence-electron chi connectivity index (χ2n) is 3.50. The lowest BCUT2D eigenvalue weighted by molar-refractivity contribution is 1.26. The SMILES string of the molecule is CC=C1c2cccnc2-c2ncccc21. The van der Waals surface area contributed by atoms with Crippen molar-refractivity contribution < 1.29 is 0 Å². The number of pyridine rings is 2. The van der Waals surface area contributed by atoms with Crippen LogP contribution in [0.3, 0.4) is 0 Å². The molecule has 0 fully saturated rings. The van der Waals surface area contributed by atoms with Crippen molar-refractivity contribution in [1.82, 2.24) is 9.97 Å². The molecule has 0 unspecified atom stereocenters. The summed E-state index contributed by atoms with van der Waals surface area (Å²) < 4.78 is 0. The van der Waals surface area contributed by atoms with Crippen molar-refractivity contribution in [1.29, 1.82) is 0 Å². The first-order valence-electron chi connectivity index (χ1n) is 4.99. The Bertz CT molecular complexity index is 508. The van der Waals surface area contributed by atoms with Gasteiger partial charge in [-0.05, 0) is 24.6 Å². The Morgan fingerprint density at radius 2 is 1.47 bits per heavy atom. The van der Waals surface area contributed by atoms with Crippen molar-refractivity contribution in [2.24, 2.45) is 0 Å². The van der Waals surface area contributed by atoms with E-state index in [0.717, 1.165) is 11.4 Å². The maximum absolute atomic E-state index is 4.40. The van der Waals surface area contributed by atoms with Crippen LogP contribution in [-0.2, 0) is 0 Å². The van der Waals surface area contributed by atoms with Gasteiger partial charge < -0.3 is 0 Å². The molecule has 72 valence electrons. The topological polar surface area (TPSA) is 25.8 Å². The van der Waals surface area contributed by atoms with Gasteiger partial charge in [-0.3, -0.25) is 9.97 Å². The van der Waals surface area contributed by atoms with Gasteiger partial charge in [0.05, 0.1) is 11.4 Å². The molecular weight excluding hydrogens is 184 g/mol. The van der Waals surface area contributed by atoms with Crippen LogP contribution >= 0.6 is 0 Å². The Kier molecular flexibility index (Phi) is 1.68. The lowest BCUT2D eigenvalue weighted by Gasteiger charge is -1.98. The van der Waals surface area contributed by atoms with Crippen molar-refractivity contribution in [2.45, 2.75) is 6.92 Å². The summed E-state index contributed by atoms with van der Waals surface area (Å²) in [6, 6.07) is 8.13. The first kappa shape index (κ1) is 8.36. The van der Waals surface area contributed by atoms with Gasteiger partial charge in [0, 0.05) is 23.5 Å². The summed E-state index contributed by atoms with van der Waals surface area (Å²) in [5.74, 6) is 0.